The van der Waals surface area contributed by atoms with Gasteiger partial charge in [-0.05, 0) is 59.8 Å². The Morgan fingerprint density at radius 2 is 2.31 bits per heavy atom. The van der Waals surface area contributed by atoms with Crippen molar-refractivity contribution in [2.75, 3.05) is 6.54 Å². The zero-order valence-electron chi connectivity index (χ0n) is 9.96. The molecule has 1 fully saturated rings. The first-order chi connectivity index (χ1) is 7.70. The molecule has 2 nitrogen and oxygen atoms in total. The number of hydrogen-bond acceptors (Lipinski definition) is 2. The topological polar surface area (TPSA) is 24.9 Å². The molecule has 2 rings (SSSR count). The molecular formula is C13H19BrN2. The van der Waals surface area contributed by atoms with Gasteiger partial charge in [0.2, 0.25) is 0 Å². The molecular weight excluding hydrogens is 264 g/mol. The molecule has 0 amide bonds. The molecule has 0 aliphatic heterocycles. The molecule has 88 valence electrons. The van der Waals surface area contributed by atoms with Crippen LogP contribution in [0.5, 0.6) is 0 Å². The lowest BCUT2D eigenvalue weighted by molar-refractivity contribution is 0.467. The molecule has 3 heteroatoms. The number of rotatable bonds is 5. The Bertz CT molecular complexity index is 361. The number of nitrogens with zero attached hydrogens (tertiary/aromatic N) is 1. The third-order valence-corrected chi connectivity index (χ3v) is 3.66. The Balaban J connectivity index is 2.05. The normalized spacial score (nSPS) is 17.4. The first-order valence-electron chi connectivity index (χ1n) is 6.05. The van der Waals surface area contributed by atoms with Crippen molar-refractivity contribution in [1.29, 1.82) is 0 Å². The summed E-state index contributed by atoms with van der Waals surface area (Å²) >= 11 is 3.46. The molecule has 1 unspecified atom stereocenters. The van der Waals surface area contributed by atoms with Gasteiger partial charge >= 0.3 is 0 Å². The molecule has 16 heavy (non-hydrogen) atoms. The van der Waals surface area contributed by atoms with E-state index in [-0.39, 0.29) is 0 Å². The van der Waals surface area contributed by atoms with Crippen molar-refractivity contribution >= 4 is 15.9 Å². The molecule has 1 heterocycles. The molecule has 0 saturated heterocycles. The Morgan fingerprint density at radius 3 is 2.88 bits per heavy atom. The van der Waals surface area contributed by atoms with Gasteiger partial charge in [-0.15, -0.1) is 0 Å². The van der Waals surface area contributed by atoms with Crippen LogP contribution >= 0.6 is 15.9 Å². The first-order valence-corrected chi connectivity index (χ1v) is 6.84. The fraction of sp³-hybridized carbons (Fsp3) is 0.615. The van der Waals surface area contributed by atoms with Crippen molar-refractivity contribution in [3.63, 3.8) is 0 Å². The summed E-state index contributed by atoms with van der Waals surface area (Å²) in [5, 5.41) is 3.58. The van der Waals surface area contributed by atoms with Gasteiger partial charge in [0.05, 0.1) is 0 Å². The third kappa shape index (κ3) is 3.05. The Morgan fingerprint density at radius 1 is 1.56 bits per heavy atom. The highest BCUT2D eigenvalue weighted by molar-refractivity contribution is 9.10. The number of aryl methyl sites for hydroxylation is 1. The molecule has 1 aliphatic rings. The van der Waals surface area contributed by atoms with Crippen LogP contribution < -0.4 is 5.32 Å². The lowest BCUT2D eigenvalue weighted by Crippen LogP contribution is -2.33. The fourth-order valence-electron chi connectivity index (χ4n) is 2.16. The van der Waals surface area contributed by atoms with Crippen LogP contribution in [0, 0.1) is 12.8 Å². The minimum atomic E-state index is 0.623. The first kappa shape index (κ1) is 12.1. The Labute approximate surface area is 106 Å². The highest BCUT2D eigenvalue weighted by Gasteiger charge is 2.31. The van der Waals surface area contributed by atoms with Crippen LogP contribution in [0.4, 0.5) is 0 Å². The van der Waals surface area contributed by atoms with Crippen molar-refractivity contribution in [3.05, 3.63) is 28.0 Å². The van der Waals surface area contributed by atoms with Gasteiger partial charge in [-0.2, -0.15) is 0 Å². The van der Waals surface area contributed by atoms with Gasteiger partial charge in [0.15, 0.2) is 0 Å². The molecule has 1 atom stereocenters. The third-order valence-electron chi connectivity index (χ3n) is 3.22. The van der Waals surface area contributed by atoms with E-state index >= 15 is 0 Å². The predicted octanol–water partition coefficient (Wildman–Crippen LogP) is 3.08. The zero-order chi connectivity index (χ0) is 11.5. The maximum atomic E-state index is 4.52. The van der Waals surface area contributed by atoms with Crippen molar-refractivity contribution in [2.45, 2.75) is 39.2 Å². The average molecular weight is 283 g/mol. The van der Waals surface area contributed by atoms with E-state index in [0.717, 1.165) is 23.4 Å². The van der Waals surface area contributed by atoms with E-state index < -0.39 is 0 Å². The summed E-state index contributed by atoms with van der Waals surface area (Å²) in [4.78, 5) is 4.52. The molecule has 1 aliphatic carbocycles. The molecule has 0 bridgehead atoms. The maximum absolute atomic E-state index is 4.52. The van der Waals surface area contributed by atoms with E-state index in [1.807, 2.05) is 6.20 Å². The minimum absolute atomic E-state index is 0.623. The molecule has 1 saturated carbocycles. The van der Waals surface area contributed by atoms with Gasteiger partial charge in [-0.1, -0.05) is 6.92 Å². The summed E-state index contributed by atoms with van der Waals surface area (Å²) < 4.78 is 1.07. The Hall–Kier alpha value is -0.410. The summed E-state index contributed by atoms with van der Waals surface area (Å²) in [6.45, 7) is 5.37. The number of halogens is 1. The van der Waals surface area contributed by atoms with Gasteiger partial charge in [0.1, 0.15) is 0 Å². The van der Waals surface area contributed by atoms with E-state index in [1.54, 1.807) is 0 Å². The SMILES string of the molecule is CCNC(Cc1ncc(Br)cc1C)C1CC1. The summed E-state index contributed by atoms with van der Waals surface area (Å²) in [7, 11) is 0. The highest BCUT2D eigenvalue weighted by Crippen LogP contribution is 2.34. The van der Waals surface area contributed by atoms with Gasteiger partial charge in [-0.25, -0.2) is 0 Å². The van der Waals surface area contributed by atoms with E-state index in [2.05, 4.69) is 46.1 Å². The summed E-state index contributed by atoms with van der Waals surface area (Å²) in [6, 6.07) is 2.77. The largest absolute Gasteiger partial charge is 0.314 e. The second-order valence-corrected chi connectivity index (χ2v) is 5.54. The monoisotopic (exact) mass is 282 g/mol. The standard InChI is InChI=1S/C13H19BrN2/c1-3-15-13(10-4-5-10)7-12-9(2)6-11(14)8-16-12/h6,8,10,13,15H,3-5,7H2,1-2H3. The van der Waals surface area contributed by atoms with E-state index in [0.29, 0.717) is 6.04 Å². The molecule has 1 N–H and O–H groups in total. The molecule has 0 spiro atoms. The van der Waals surface area contributed by atoms with Crippen molar-refractivity contribution in [2.24, 2.45) is 5.92 Å². The lowest BCUT2D eigenvalue weighted by Gasteiger charge is -2.17. The average Bonchev–Trinajstić information content (AvgIpc) is 3.04. The molecule has 1 aromatic rings. The number of aromatic nitrogens is 1. The number of hydrogen-bond donors (Lipinski definition) is 1. The van der Waals surface area contributed by atoms with Crippen LogP contribution in [0.3, 0.4) is 0 Å². The van der Waals surface area contributed by atoms with Gasteiger partial charge in [-0.3, -0.25) is 4.98 Å². The van der Waals surface area contributed by atoms with Crippen molar-refractivity contribution < 1.29 is 0 Å². The smallest absolute Gasteiger partial charge is 0.0449 e. The van der Waals surface area contributed by atoms with Crippen LogP contribution in [0.25, 0.3) is 0 Å². The van der Waals surface area contributed by atoms with Crippen molar-refractivity contribution in [3.8, 4) is 0 Å². The van der Waals surface area contributed by atoms with Gasteiger partial charge in [0, 0.05) is 28.8 Å². The molecule has 1 aromatic heterocycles. The minimum Gasteiger partial charge on any atom is -0.314 e. The van der Waals surface area contributed by atoms with Gasteiger partial charge in [0.25, 0.3) is 0 Å². The second kappa shape index (κ2) is 5.28. The van der Waals surface area contributed by atoms with Crippen LogP contribution in [0.1, 0.15) is 31.0 Å². The highest BCUT2D eigenvalue weighted by atomic mass is 79.9. The van der Waals surface area contributed by atoms with E-state index in [4.69, 9.17) is 0 Å². The molecule has 0 aromatic carbocycles. The fourth-order valence-corrected chi connectivity index (χ4v) is 2.60. The van der Waals surface area contributed by atoms with E-state index in [9.17, 15) is 0 Å². The quantitative estimate of drug-likeness (QED) is 0.898. The summed E-state index contributed by atoms with van der Waals surface area (Å²) in [6.07, 6.45) is 5.73. The molecule has 0 radical (unpaired) electrons. The van der Waals surface area contributed by atoms with Crippen LogP contribution in [-0.2, 0) is 6.42 Å². The van der Waals surface area contributed by atoms with Crippen LogP contribution in [0.2, 0.25) is 0 Å². The number of likely N-dealkylation sites (N-methyl/N-ethyl adjacent to an activating group) is 1. The van der Waals surface area contributed by atoms with Crippen molar-refractivity contribution in [1.82, 2.24) is 10.3 Å². The zero-order valence-corrected chi connectivity index (χ0v) is 11.5. The Kier molecular flexibility index (Phi) is 3.98. The lowest BCUT2D eigenvalue weighted by atomic mass is 10.0. The second-order valence-electron chi connectivity index (χ2n) is 4.62. The van der Waals surface area contributed by atoms with Gasteiger partial charge < -0.3 is 5.32 Å². The number of pyridine rings is 1. The summed E-state index contributed by atoms with van der Waals surface area (Å²) in [5.41, 5.74) is 2.53. The van der Waals surface area contributed by atoms with Crippen LogP contribution in [-0.4, -0.2) is 17.6 Å². The number of nitrogens with one attached hydrogen (secondary N) is 1. The van der Waals surface area contributed by atoms with Crippen LogP contribution in [0.15, 0.2) is 16.7 Å². The van der Waals surface area contributed by atoms with E-state index in [1.165, 1.54) is 24.1 Å². The predicted molar refractivity (Wildman–Crippen MR) is 70.6 cm³/mol. The summed E-state index contributed by atoms with van der Waals surface area (Å²) in [5.74, 6) is 0.879. The maximum Gasteiger partial charge on any atom is 0.0449 e.